The van der Waals surface area contributed by atoms with Crippen LogP contribution in [-0.2, 0) is 16.1 Å². The standard InChI is InChI=1S/C18H17N3O2S/c22-18(15-10-14(20-21-15)12-6-2-1-3-7-12)23-11-17-19-13-8-4-5-9-16(13)24-17/h1-9,14-15,20-21H,10-11H2. The third kappa shape index (κ3) is 3.17. The molecule has 2 N–H and O–H groups in total. The molecule has 2 heterocycles. The molecule has 0 amide bonds. The Morgan fingerprint density at radius 2 is 1.92 bits per heavy atom. The zero-order valence-corrected chi connectivity index (χ0v) is 13.8. The summed E-state index contributed by atoms with van der Waals surface area (Å²) >= 11 is 1.55. The Balaban J connectivity index is 1.35. The van der Waals surface area contributed by atoms with Crippen LogP contribution in [0.15, 0.2) is 54.6 Å². The first-order valence-electron chi connectivity index (χ1n) is 7.87. The predicted octanol–water partition coefficient (Wildman–Crippen LogP) is 2.95. The van der Waals surface area contributed by atoms with Gasteiger partial charge in [-0.15, -0.1) is 11.3 Å². The van der Waals surface area contributed by atoms with Gasteiger partial charge in [-0.25, -0.2) is 15.8 Å². The number of carbonyl (C=O) groups excluding carboxylic acids is 1. The molecule has 0 saturated carbocycles. The van der Waals surface area contributed by atoms with Crippen molar-refractivity contribution in [3.8, 4) is 0 Å². The second kappa shape index (κ2) is 6.68. The average molecular weight is 339 g/mol. The summed E-state index contributed by atoms with van der Waals surface area (Å²) in [6.45, 7) is 0.215. The van der Waals surface area contributed by atoms with Crippen molar-refractivity contribution >= 4 is 27.5 Å². The highest BCUT2D eigenvalue weighted by atomic mass is 32.1. The highest BCUT2D eigenvalue weighted by Gasteiger charge is 2.31. The van der Waals surface area contributed by atoms with Crippen LogP contribution in [0.5, 0.6) is 0 Å². The van der Waals surface area contributed by atoms with Crippen LogP contribution in [0.25, 0.3) is 10.2 Å². The van der Waals surface area contributed by atoms with Gasteiger partial charge in [0.05, 0.1) is 10.2 Å². The van der Waals surface area contributed by atoms with Gasteiger partial charge >= 0.3 is 5.97 Å². The van der Waals surface area contributed by atoms with Crippen LogP contribution in [0.1, 0.15) is 23.0 Å². The zero-order chi connectivity index (χ0) is 16.4. The fraction of sp³-hybridized carbons (Fsp3) is 0.222. The van der Waals surface area contributed by atoms with Gasteiger partial charge in [0.2, 0.25) is 0 Å². The molecule has 1 saturated heterocycles. The van der Waals surface area contributed by atoms with Gasteiger partial charge in [0.15, 0.2) is 0 Å². The summed E-state index contributed by atoms with van der Waals surface area (Å²) < 4.78 is 6.54. The molecule has 24 heavy (non-hydrogen) atoms. The molecule has 1 aliphatic heterocycles. The summed E-state index contributed by atoms with van der Waals surface area (Å²) in [4.78, 5) is 16.7. The van der Waals surface area contributed by atoms with Crippen molar-refractivity contribution < 1.29 is 9.53 Å². The summed E-state index contributed by atoms with van der Waals surface area (Å²) in [7, 11) is 0. The molecule has 0 bridgehead atoms. The van der Waals surface area contributed by atoms with E-state index in [2.05, 4.69) is 15.8 Å². The van der Waals surface area contributed by atoms with E-state index in [4.69, 9.17) is 4.74 Å². The number of rotatable bonds is 4. The number of hydrogen-bond acceptors (Lipinski definition) is 6. The Bertz CT molecular complexity index is 817. The lowest BCUT2D eigenvalue weighted by Gasteiger charge is -2.09. The molecule has 1 aliphatic rings. The second-order valence-corrected chi connectivity index (χ2v) is 6.84. The highest BCUT2D eigenvalue weighted by molar-refractivity contribution is 7.18. The smallest absolute Gasteiger partial charge is 0.324 e. The largest absolute Gasteiger partial charge is 0.457 e. The maximum atomic E-state index is 12.3. The van der Waals surface area contributed by atoms with Gasteiger partial charge in [0, 0.05) is 6.04 Å². The highest BCUT2D eigenvalue weighted by Crippen LogP contribution is 2.24. The monoisotopic (exact) mass is 339 g/mol. The number of esters is 1. The first-order valence-corrected chi connectivity index (χ1v) is 8.68. The quantitative estimate of drug-likeness (QED) is 0.716. The lowest BCUT2D eigenvalue weighted by Crippen LogP contribution is -2.37. The molecule has 6 heteroatoms. The number of thiazole rings is 1. The molecule has 3 aromatic rings. The van der Waals surface area contributed by atoms with E-state index in [1.165, 1.54) is 0 Å². The number of carbonyl (C=O) groups is 1. The normalized spacial score (nSPS) is 20.3. The maximum Gasteiger partial charge on any atom is 0.324 e. The number of hydrazine groups is 1. The molecular weight excluding hydrogens is 322 g/mol. The van der Waals surface area contributed by atoms with Gasteiger partial charge in [0.1, 0.15) is 17.7 Å². The number of aromatic nitrogens is 1. The molecule has 0 spiro atoms. The molecule has 5 nitrogen and oxygen atoms in total. The molecule has 122 valence electrons. The summed E-state index contributed by atoms with van der Waals surface area (Å²) in [5, 5.41) is 0.815. The number of para-hydroxylation sites is 1. The van der Waals surface area contributed by atoms with E-state index in [0.29, 0.717) is 6.42 Å². The van der Waals surface area contributed by atoms with Crippen LogP contribution in [0, 0.1) is 0 Å². The third-order valence-corrected chi connectivity index (χ3v) is 5.08. The van der Waals surface area contributed by atoms with Crippen molar-refractivity contribution in [2.24, 2.45) is 0 Å². The SMILES string of the molecule is O=C(OCc1nc2ccccc2s1)C1CC(c2ccccc2)NN1. The predicted molar refractivity (Wildman–Crippen MR) is 93.3 cm³/mol. The Morgan fingerprint density at radius 1 is 1.12 bits per heavy atom. The van der Waals surface area contributed by atoms with E-state index < -0.39 is 0 Å². The number of ether oxygens (including phenoxy) is 1. The molecule has 0 radical (unpaired) electrons. The first-order chi connectivity index (χ1) is 11.8. The average Bonchev–Trinajstić information content (AvgIpc) is 3.27. The van der Waals surface area contributed by atoms with E-state index in [-0.39, 0.29) is 24.7 Å². The zero-order valence-electron chi connectivity index (χ0n) is 12.9. The Hall–Kier alpha value is -2.28. The van der Waals surface area contributed by atoms with Crippen molar-refractivity contribution in [2.75, 3.05) is 0 Å². The summed E-state index contributed by atoms with van der Waals surface area (Å²) in [6.07, 6.45) is 0.669. The van der Waals surface area contributed by atoms with E-state index in [1.54, 1.807) is 11.3 Å². The van der Waals surface area contributed by atoms with E-state index in [1.807, 2.05) is 54.6 Å². The Morgan fingerprint density at radius 3 is 2.75 bits per heavy atom. The van der Waals surface area contributed by atoms with Crippen LogP contribution in [0.4, 0.5) is 0 Å². The van der Waals surface area contributed by atoms with Crippen molar-refractivity contribution in [2.45, 2.75) is 25.1 Å². The number of hydrogen-bond donors (Lipinski definition) is 2. The Labute approximate surface area is 143 Å². The number of benzene rings is 2. The summed E-state index contributed by atoms with van der Waals surface area (Å²) in [5.74, 6) is -0.250. The fourth-order valence-corrected chi connectivity index (χ4v) is 3.71. The third-order valence-electron chi connectivity index (χ3n) is 4.07. The van der Waals surface area contributed by atoms with Crippen LogP contribution in [0.2, 0.25) is 0 Å². The molecule has 1 aromatic heterocycles. The number of nitrogens with one attached hydrogen (secondary N) is 2. The van der Waals surface area contributed by atoms with Crippen molar-refractivity contribution in [1.82, 2.24) is 15.8 Å². The van der Waals surface area contributed by atoms with E-state index in [9.17, 15) is 4.79 Å². The minimum atomic E-state index is -0.343. The Kier molecular flexibility index (Phi) is 4.25. The molecule has 4 rings (SSSR count). The van der Waals surface area contributed by atoms with Gasteiger partial charge < -0.3 is 4.74 Å². The van der Waals surface area contributed by atoms with Gasteiger partial charge in [-0.1, -0.05) is 42.5 Å². The minimum Gasteiger partial charge on any atom is -0.457 e. The lowest BCUT2D eigenvalue weighted by atomic mass is 10.0. The maximum absolute atomic E-state index is 12.3. The summed E-state index contributed by atoms with van der Waals surface area (Å²) in [6, 6.07) is 17.8. The van der Waals surface area contributed by atoms with Crippen molar-refractivity contribution in [3.63, 3.8) is 0 Å². The summed E-state index contributed by atoms with van der Waals surface area (Å²) in [5.41, 5.74) is 8.29. The van der Waals surface area contributed by atoms with E-state index >= 15 is 0 Å². The van der Waals surface area contributed by atoms with Crippen LogP contribution in [-0.4, -0.2) is 17.0 Å². The molecule has 2 atom stereocenters. The van der Waals surface area contributed by atoms with Gasteiger partial charge in [-0.2, -0.15) is 0 Å². The minimum absolute atomic E-state index is 0.117. The fourth-order valence-electron chi connectivity index (χ4n) is 2.83. The van der Waals surface area contributed by atoms with Gasteiger partial charge in [0.25, 0.3) is 0 Å². The number of nitrogens with zero attached hydrogens (tertiary/aromatic N) is 1. The molecule has 2 aromatic carbocycles. The van der Waals surface area contributed by atoms with Crippen LogP contribution < -0.4 is 10.9 Å². The van der Waals surface area contributed by atoms with Gasteiger partial charge in [-0.05, 0) is 24.1 Å². The van der Waals surface area contributed by atoms with E-state index in [0.717, 1.165) is 20.8 Å². The molecule has 2 unspecified atom stereocenters. The number of fused-ring (bicyclic) bond motifs is 1. The van der Waals surface area contributed by atoms with Gasteiger partial charge in [-0.3, -0.25) is 4.79 Å². The van der Waals surface area contributed by atoms with Crippen LogP contribution in [0.3, 0.4) is 0 Å². The second-order valence-electron chi connectivity index (χ2n) is 5.72. The topological polar surface area (TPSA) is 63.2 Å². The first kappa shape index (κ1) is 15.3. The van der Waals surface area contributed by atoms with Crippen molar-refractivity contribution in [3.05, 3.63) is 65.2 Å². The van der Waals surface area contributed by atoms with Crippen LogP contribution >= 0.6 is 11.3 Å². The molecular formula is C18H17N3O2S. The van der Waals surface area contributed by atoms with Crippen molar-refractivity contribution in [1.29, 1.82) is 0 Å². The molecule has 1 fully saturated rings. The molecule has 0 aliphatic carbocycles. The lowest BCUT2D eigenvalue weighted by molar-refractivity contribution is -0.147.